The van der Waals surface area contributed by atoms with Gasteiger partial charge in [0, 0.05) is 0 Å². The summed E-state index contributed by atoms with van der Waals surface area (Å²) in [4.78, 5) is 33.2. The molecule has 0 heterocycles. The molecule has 1 atom stereocenters. The van der Waals surface area contributed by atoms with E-state index in [-0.39, 0.29) is 0 Å². The van der Waals surface area contributed by atoms with Gasteiger partial charge >= 0.3 is 13.8 Å². The van der Waals surface area contributed by atoms with Crippen LogP contribution in [0.3, 0.4) is 0 Å². The Morgan fingerprint density at radius 1 is 1.35 bits per heavy atom. The lowest BCUT2D eigenvalue weighted by Crippen LogP contribution is -2.28. The molecule has 0 aliphatic rings. The lowest BCUT2D eigenvalue weighted by Gasteiger charge is -2.16. The van der Waals surface area contributed by atoms with Crippen LogP contribution in [0.2, 0.25) is 0 Å². The van der Waals surface area contributed by atoms with E-state index in [1.54, 1.807) is 30.3 Å². The van der Waals surface area contributed by atoms with Crippen molar-refractivity contribution in [3.63, 3.8) is 0 Å². The van der Waals surface area contributed by atoms with Crippen molar-refractivity contribution >= 4 is 13.8 Å². The van der Waals surface area contributed by atoms with Gasteiger partial charge in [-0.15, -0.1) is 0 Å². The number of hydrogen-bond acceptors (Lipinski definition) is 5. The maximum absolute atomic E-state index is 11.5. The summed E-state index contributed by atoms with van der Waals surface area (Å²) in [5.74, 6) is -1.12. The molecule has 0 bridgehead atoms. The maximum atomic E-state index is 11.5. The van der Waals surface area contributed by atoms with E-state index in [9.17, 15) is 9.36 Å². The fourth-order valence-corrected chi connectivity index (χ4v) is 1.53. The van der Waals surface area contributed by atoms with Crippen molar-refractivity contribution in [3.05, 3.63) is 35.9 Å². The van der Waals surface area contributed by atoms with Crippen molar-refractivity contribution < 1.29 is 28.5 Å². The summed E-state index contributed by atoms with van der Waals surface area (Å²) in [6, 6.07) is 7.17. The molecular weight excluding hydrogens is 249 g/mol. The van der Waals surface area contributed by atoms with Gasteiger partial charge in [0.2, 0.25) is 0 Å². The molecule has 0 radical (unpaired) electrons. The highest BCUT2D eigenvalue weighted by atomic mass is 31.2. The first-order valence-electron chi connectivity index (χ1n) is 4.56. The van der Waals surface area contributed by atoms with E-state index in [1.807, 2.05) is 0 Å². The van der Waals surface area contributed by atoms with E-state index in [0.717, 1.165) is 0 Å². The van der Waals surface area contributed by atoms with E-state index in [2.05, 4.69) is 14.8 Å². The Kier molecular flexibility index (Phi) is 4.80. The van der Waals surface area contributed by atoms with Gasteiger partial charge in [0.1, 0.15) is 0 Å². The molecule has 0 aliphatic carbocycles. The molecule has 0 saturated heterocycles. The number of benzene rings is 1. The van der Waals surface area contributed by atoms with Gasteiger partial charge in [0.15, 0.2) is 6.04 Å². The van der Waals surface area contributed by atoms with Crippen LogP contribution in [-0.2, 0) is 18.7 Å². The van der Waals surface area contributed by atoms with E-state index >= 15 is 0 Å². The molecule has 0 amide bonds. The van der Waals surface area contributed by atoms with Gasteiger partial charge in [-0.1, -0.05) is 30.3 Å². The zero-order valence-electron chi connectivity index (χ0n) is 8.94. The second kappa shape index (κ2) is 5.90. The standard InChI is InChI=1S/C9H12NO6P/c1-15-10-8(7-5-3-2-4-6-7)9(11)16-17(12,13)14/h2-6,8,10H,1H3,(H2,12,13,14). The molecule has 1 aromatic carbocycles. The summed E-state index contributed by atoms with van der Waals surface area (Å²) in [5.41, 5.74) is 2.77. The fourth-order valence-electron chi connectivity index (χ4n) is 1.19. The SMILES string of the molecule is CONC(C(=O)OP(=O)(O)O)c1ccccc1. The van der Waals surface area contributed by atoms with Crippen molar-refractivity contribution in [3.8, 4) is 0 Å². The third kappa shape index (κ3) is 4.64. The Hall–Kier alpha value is -1.24. The summed E-state index contributed by atoms with van der Waals surface area (Å²) < 4.78 is 14.6. The number of phosphoric ester groups is 1. The molecule has 0 fully saturated rings. The predicted molar refractivity (Wildman–Crippen MR) is 57.5 cm³/mol. The van der Waals surface area contributed by atoms with Gasteiger partial charge in [-0.2, -0.15) is 5.48 Å². The third-order valence-electron chi connectivity index (χ3n) is 1.81. The third-order valence-corrected chi connectivity index (χ3v) is 2.23. The zero-order chi connectivity index (χ0) is 12.9. The van der Waals surface area contributed by atoms with Crippen LogP contribution in [0, 0.1) is 0 Å². The lowest BCUT2D eigenvalue weighted by molar-refractivity contribution is -0.142. The summed E-state index contributed by atoms with van der Waals surface area (Å²) in [7, 11) is -3.59. The number of hydrogen-bond donors (Lipinski definition) is 3. The Labute approximate surface area is 97.6 Å². The molecule has 0 saturated carbocycles. The van der Waals surface area contributed by atoms with Gasteiger partial charge in [-0.05, 0) is 5.56 Å². The minimum Gasteiger partial charge on any atom is -0.369 e. The molecule has 0 spiro atoms. The highest BCUT2D eigenvalue weighted by Crippen LogP contribution is 2.37. The summed E-state index contributed by atoms with van der Waals surface area (Å²) in [5, 5.41) is 0. The quantitative estimate of drug-likeness (QED) is 0.524. The minimum absolute atomic E-state index is 0.466. The Balaban J connectivity index is 2.87. The van der Waals surface area contributed by atoms with Crippen LogP contribution in [0.1, 0.15) is 11.6 Å². The number of carbonyl (C=O) groups excluding carboxylic acids is 1. The zero-order valence-corrected chi connectivity index (χ0v) is 9.83. The highest BCUT2D eigenvalue weighted by molar-refractivity contribution is 7.46. The van der Waals surface area contributed by atoms with Crippen molar-refractivity contribution in [2.45, 2.75) is 6.04 Å². The maximum Gasteiger partial charge on any atom is 0.527 e. The Bertz CT molecular complexity index is 417. The van der Waals surface area contributed by atoms with Gasteiger partial charge in [0.25, 0.3) is 0 Å². The van der Waals surface area contributed by atoms with E-state index in [4.69, 9.17) is 9.79 Å². The molecule has 1 unspecified atom stereocenters. The second-order valence-corrected chi connectivity index (χ2v) is 4.23. The van der Waals surface area contributed by atoms with Crippen LogP contribution < -0.4 is 5.48 Å². The molecule has 7 nitrogen and oxygen atoms in total. The molecular formula is C9H12NO6P. The Morgan fingerprint density at radius 3 is 2.41 bits per heavy atom. The van der Waals surface area contributed by atoms with Crippen LogP contribution in [0.25, 0.3) is 0 Å². The minimum atomic E-state index is -4.86. The first kappa shape index (κ1) is 13.8. The van der Waals surface area contributed by atoms with Gasteiger partial charge in [0.05, 0.1) is 7.11 Å². The average molecular weight is 261 g/mol. The number of carbonyl (C=O) groups is 1. The van der Waals surface area contributed by atoms with Crippen LogP contribution in [0.4, 0.5) is 0 Å². The van der Waals surface area contributed by atoms with Gasteiger partial charge in [-0.25, -0.2) is 9.36 Å². The van der Waals surface area contributed by atoms with Crippen LogP contribution in [0.5, 0.6) is 0 Å². The van der Waals surface area contributed by atoms with Crippen LogP contribution >= 0.6 is 7.82 Å². The molecule has 0 aliphatic heterocycles. The average Bonchev–Trinajstić information content (AvgIpc) is 2.24. The van der Waals surface area contributed by atoms with Gasteiger partial charge < -0.3 is 9.36 Å². The summed E-state index contributed by atoms with van der Waals surface area (Å²) >= 11 is 0. The van der Waals surface area contributed by atoms with E-state index in [1.165, 1.54) is 7.11 Å². The van der Waals surface area contributed by atoms with Crippen LogP contribution in [0.15, 0.2) is 30.3 Å². The van der Waals surface area contributed by atoms with Crippen molar-refractivity contribution in [2.75, 3.05) is 7.11 Å². The molecule has 8 heteroatoms. The number of hydroxylamine groups is 1. The fraction of sp³-hybridized carbons (Fsp3) is 0.222. The van der Waals surface area contributed by atoms with Gasteiger partial charge in [-0.3, -0.25) is 9.79 Å². The van der Waals surface area contributed by atoms with E-state index < -0.39 is 19.8 Å². The predicted octanol–water partition coefficient (Wildman–Crippen LogP) is 0.515. The number of nitrogens with one attached hydrogen (secondary N) is 1. The molecule has 1 rings (SSSR count). The molecule has 94 valence electrons. The first-order chi connectivity index (χ1) is 7.94. The first-order valence-corrected chi connectivity index (χ1v) is 6.09. The molecule has 1 aromatic rings. The summed E-state index contributed by atoms with van der Waals surface area (Å²) in [6.07, 6.45) is 0. The topological polar surface area (TPSA) is 105 Å². The van der Waals surface area contributed by atoms with Crippen molar-refractivity contribution in [1.82, 2.24) is 5.48 Å². The number of rotatable bonds is 5. The smallest absolute Gasteiger partial charge is 0.369 e. The molecule has 17 heavy (non-hydrogen) atoms. The largest absolute Gasteiger partial charge is 0.527 e. The Morgan fingerprint density at radius 2 is 1.94 bits per heavy atom. The second-order valence-electron chi connectivity index (χ2n) is 3.07. The highest BCUT2D eigenvalue weighted by Gasteiger charge is 2.28. The number of phosphoric acid groups is 1. The molecule has 3 N–H and O–H groups in total. The van der Waals surface area contributed by atoms with Crippen LogP contribution in [-0.4, -0.2) is 22.9 Å². The van der Waals surface area contributed by atoms with Crippen molar-refractivity contribution in [2.24, 2.45) is 0 Å². The van der Waals surface area contributed by atoms with Crippen molar-refractivity contribution in [1.29, 1.82) is 0 Å². The molecule has 0 aromatic heterocycles. The normalized spacial score (nSPS) is 13.1. The lowest BCUT2D eigenvalue weighted by atomic mass is 10.1. The summed E-state index contributed by atoms with van der Waals surface area (Å²) in [6.45, 7) is 0. The van der Waals surface area contributed by atoms with E-state index in [0.29, 0.717) is 5.56 Å². The monoisotopic (exact) mass is 261 g/mol.